The van der Waals surface area contributed by atoms with Crippen molar-refractivity contribution in [2.75, 3.05) is 4.90 Å². The molecule has 0 N–H and O–H groups in total. The Bertz CT molecular complexity index is 3150. The average Bonchev–Trinajstić information content (AvgIpc) is 3.78. The molecule has 1 aliphatic rings. The molecule has 61 heavy (non-hydrogen) atoms. The van der Waals surface area contributed by atoms with Crippen molar-refractivity contribution in [1.82, 2.24) is 4.57 Å². The fourth-order valence-corrected chi connectivity index (χ4v) is 9.40. The molecule has 0 aliphatic heterocycles. The van der Waals surface area contributed by atoms with E-state index in [0.29, 0.717) is 0 Å². The lowest BCUT2D eigenvalue weighted by molar-refractivity contribution is 0.660. The highest BCUT2D eigenvalue weighted by Crippen LogP contribution is 2.50. The fraction of sp³-hybridized carbons (Fsp3) is 0.0847. The molecular formula is C59H48N2. The monoisotopic (exact) mass is 784 g/mol. The van der Waals surface area contributed by atoms with Crippen LogP contribution in [-0.2, 0) is 5.41 Å². The molecule has 294 valence electrons. The van der Waals surface area contributed by atoms with Crippen molar-refractivity contribution in [2.45, 2.75) is 33.1 Å². The quantitative estimate of drug-likeness (QED) is 0.156. The molecular weight excluding hydrogens is 737 g/mol. The molecule has 1 heterocycles. The topological polar surface area (TPSA) is 8.17 Å². The summed E-state index contributed by atoms with van der Waals surface area (Å²) < 4.78 is 2.39. The van der Waals surface area contributed by atoms with E-state index in [1.807, 2.05) is 13.8 Å². The van der Waals surface area contributed by atoms with E-state index >= 15 is 0 Å². The lowest BCUT2D eigenvalue weighted by atomic mass is 9.82. The molecule has 1 aliphatic carbocycles. The van der Waals surface area contributed by atoms with Crippen LogP contribution in [0.1, 0.15) is 38.8 Å². The van der Waals surface area contributed by atoms with Gasteiger partial charge in [0.2, 0.25) is 0 Å². The number of hydrogen-bond donors (Lipinski definition) is 0. The Hall–Kier alpha value is -7.42. The van der Waals surface area contributed by atoms with Crippen LogP contribution in [-0.4, -0.2) is 4.57 Å². The van der Waals surface area contributed by atoms with Gasteiger partial charge in [0.05, 0.1) is 11.0 Å². The zero-order valence-corrected chi connectivity index (χ0v) is 35.2. The van der Waals surface area contributed by atoms with Gasteiger partial charge in [0.1, 0.15) is 0 Å². The molecule has 1 aromatic heterocycles. The molecule has 0 saturated carbocycles. The molecule has 0 spiro atoms. The van der Waals surface area contributed by atoms with Crippen molar-refractivity contribution in [3.63, 3.8) is 0 Å². The largest absolute Gasteiger partial charge is 0.310 e. The molecule has 0 atom stereocenters. The van der Waals surface area contributed by atoms with Gasteiger partial charge in [-0.25, -0.2) is 0 Å². The van der Waals surface area contributed by atoms with E-state index in [1.54, 1.807) is 0 Å². The summed E-state index contributed by atoms with van der Waals surface area (Å²) in [5.74, 6) is 0. The lowest BCUT2D eigenvalue weighted by Gasteiger charge is -2.28. The van der Waals surface area contributed by atoms with Gasteiger partial charge in [-0.05, 0) is 128 Å². The van der Waals surface area contributed by atoms with E-state index in [4.69, 9.17) is 0 Å². The summed E-state index contributed by atoms with van der Waals surface area (Å²) in [5.41, 5.74) is 19.6. The summed E-state index contributed by atoms with van der Waals surface area (Å²) in [7, 11) is 0. The predicted octanol–water partition coefficient (Wildman–Crippen LogP) is 16.6. The van der Waals surface area contributed by atoms with E-state index in [1.165, 1.54) is 77.4 Å². The smallest absolute Gasteiger partial charge is 0.0541 e. The Morgan fingerprint density at radius 1 is 0.344 bits per heavy atom. The molecule has 2 nitrogen and oxygen atoms in total. The molecule has 10 aromatic rings. The first-order chi connectivity index (χ1) is 30.0. The summed E-state index contributed by atoms with van der Waals surface area (Å²) in [6.45, 7) is 8.69. The van der Waals surface area contributed by atoms with Crippen LogP contribution in [0.25, 0.3) is 72.0 Å². The maximum Gasteiger partial charge on any atom is 0.0541 e. The number of hydrogen-bond acceptors (Lipinski definition) is 1. The molecule has 0 saturated heterocycles. The molecule has 0 bridgehead atoms. The number of benzene rings is 9. The fourth-order valence-electron chi connectivity index (χ4n) is 9.40. The Balaban J connectivity index is 0.00000220. The van der Waals surface area contributed by atoms with Gasteiger partial charge >= 0.3 is 0 Å². The van der Waals surface area contributed by atoms with Crippen LogP contribution >= 0.6 is 0 Å². The van der Waals surface area contributed by atoms with Crippen molar-refractivity contribution >= 4 is 38.9 Å². The second-order valence-corrected chi connectivity index (χ2v) is 16.2. The molecule has 0 fully saturated rings. The van der Waals surface area contributed by atoms with Gasteiger partial charge in [0.25, 0.3) is 0 Å². The lowest BCUT2D eigenvalue weighted by Crippen LogP contribution is -2.16. The van der Waals surface area contributed by atoms with Crippen molar-refractivity contribution in [3.05, 3.63) is 230 Å². The van der Waals surface area contributed by atoms with Crippen LogP contribution in [0.5, 0.6) is 0 Å². The molecule has 9 aromatic carbocycles. The van der Waals surface area contributed by atoms with Crippen molar-refractivity contribution in [3.8, 4) is 50.2 Å². The summed E-state index contributed by atoms with van der Waals surface area (Å²) >= 11 is 0. The zero-order chi connectivity index (χ0) is 41.5. The minimum Gasteiger partial charge on any atom is -0.310 e. The second kappa shape index (κ2) is 15.6. The van der Waals surface area contributed by atoms with Gasteiger partial charge in [0, 0.05) is 38.9 Å². The van der Waals surface area contributed by atoms with Crippen molar-refractivity contribution < 1.29 is 0 Å². The highest BCUT2D eigenvalue weighted by Gasteiger charge is 2.35. The summed E-state index contributed by atoms with van der Waals surface area (Å²) in [4.78, 5) is 2.38. The number of para-hydroxylation sites is 2. The van der Waals surface area contributed by atoms with E-state index in [9.17, 15) is 0 Å². The molecule has 0 amide bonds. The van der Waals surface area contributed by atoms with Crippen LogP contribution < -0.4 is 4.90 Å². The van der Waals surface area contributed by atoms with Gasteiger partial charge in [-0.1, -0.05) is 173 Å². The van der Waals surface area contributed by atoms with Gasteiger partial charge in [-0.15, -0.1) is 0 Å². The SMILES string of the molecule is CC.CC1(C)c2ccccc2-c2ccc(N(c3ccccc3)c3ccc(-c4cccc(-c5ccc6c(c5)c5ccccc5n6-c5ccc(-c6ccccc6)cc5)c4)cc3)cc21. The van der Waals surface area contributed by atoms with E-state index < -0.39 is 0 Å². The summed E-state index contributed by atoms with van der Waals surface area (Å²) in [6, 6.07) is 79.7. The maximum atomic E-state index is 2.40. The van der Waals surface area contributed by atoms with Gasteiger partial charge in [-0.3, -0.25) is 0 Å². The number of aromatic nitrogens is 1. The Morgan fingerprint density at radius 3 is 1.62 bits per heavy atom. The van der Waals surface area contributed by atoms with Crippen LogP contribution in [0.15, 0.2) is 218 Å². The van der Waals surface area contributed by atoms with Crippen molar-refractivity contribution in [2.24, 2.45) is 0 Å². The highest BCUT2D eigenvalue weighted by atomic mass is 15.1. The van der Waals surface area contributed by atoms with Crippen molar-refractivity contribution in [1.29, 1.82) is 0 Å². The number of nitrogens with zero attached hydrogens (tertiary/aromatic N) is 2. The number of fused-ring (bicyclic) bond motifs is 6. The van der Waals surface area contributed by atoms with Crippen LogP contribution in [0.3, 0.4) is 0 Å². The van der Waals surface area contributed by atoms with Gasteiger partial charge < -0.3 is 9.47 Å². The van der Waals surface area contributed by atoms with Gasteiger partial charge in [0.15, 0.2) is 0 Å². The second-order valence-electron chi connectivity index (χ2n) is 16.2. The van der Waals surface area contributed by atoms with Crippen LogP contribution in [0.2, 0.25) is 0 Å². The number of anilines is 3. The normalized spacial score (nSPS) is 12.4. The minimum absolute atomic E-state index is 0.0735. The predicted molar refractivity (Wildman–Crippen MR) is 261 cm³/mol. The van der Waals surface area contributed by atoms with E-state index in [0.717, 1.165) is 22.7 Å². The molecule has 0 radical (unpaired) electrons. The Morgan fingerprint density at radius 2 is 0.852 bits per heavy atom. The summed E-state index contributed by atoms with van der Waals surface area (Å²) in [6.07, 6.45) is 0. The maximum absolute atomic E-state index is 2.40. The average molecular weight is 785 g/mol. The minimum atomic E-state index is -0.0735. The molecule has 2 heteroatoms. The van der Waals surface area contributed by atoms with Crippen LogP contribution in [0, 0.1) is 0 Å². The first kappa shape index (κ1) is 37.8. The number of rotatable bonds is 7. The Labute approximate surface area is 359 Å². The highest BCUT2D eigenvalue weighted by molar-refractivity contribution is 6.10. The van der Waals surface area contributed by atoms with E-state index in [-0.39, 0.29) is 5.41 Å². The standard InChI is InChI=1S/C57H42N2.C2H6/c1-57(2)53-22-11-9-20-49(53)50-34-33-48(38-54(50)57)58(45-18-7-4-8-19-45)46-29-26-41(27-30-46)42-16-13-17-43(36-42)44-28-35-56-52(37-44)51-21-10-12-23-55(51)59(56)47-31-24-40(25-32-47)39-14-5-3-6-15-39;1-2/h3-38H,1-2H3;1-2H3. The molecule has 11 rings (SSSR count). The first-order valence-electron chi connectivity index (χ1n) is 21.5. The third kappa shape index (κ3) is 6.62. The first-order valence-corrected chi connectivity index (χ1v) is 21.5. The zero-order valence-electron chi connectivity index (χ0n) is 35.2. The van der Waals surface area contributed by atoms with E-state index in [2.05, 4.69) is 242 Å². The third-order valence-electron chi connectivity index (χ3n) is 12.4. The van der Waals surface area contributed by atoms with Gasteiger partial charge in [-0.2, -0.15) is 0 Å². The summed E-state index contributed by atoms with van der Waals surface area (Å²) in [5, 5.41) is 2.50. The third-order valence-corrected chi connectivity index (χ3v) is 12.4. The molecule has 0 unspecified atom stereocenters. The van der Waals surface area contributed by atoms with Crippen LogP contribution in [0.4, 0.5) is 17.1 Å². The Kier molecular flexibility index (Phi) is 9.70.